The Kier molecular flexibility index (Phi) is 4.04. The molecule has 0 heterocycles. The lowest BCUT2D eigenvalue weighted by atomic mass is 10.1. The fourth-order valence-corrected chi connectivity index (χ4v) is 1.20. The van der Waals surface area contributed by atoms with Gasteiger partial charge in [0.05, 0.1) is 0 Å². The normalized spacial score (nSPS) is 9.31. The van der Waals surface area contributed by atoms with E-state index in [4.69, 9.17) is 5.73 Å². The van der Waals surface area contributed by atoms with Crippen LogP contribution in [0.3, 0.4) is 0 Å². The molecule has 1 rings (SSSR count). The minimum absolute atomic E-state index is 0.566. The van der Waals surface area contributed by atoms with Crippen LogP contribution < -0.4 is 5.73 Å². The molecule has 0 saturated carbocycles. The average Bonchev–Trinajstić information content (AvgIpc) is 2.21. The lowest BCUT2D eigenvalue weighted by Crippen LogP contribution is -2.03. The van der Waals surface area contributed by atoms with Gasteiger partial charge in [0.25, 0.3) is 0 Å². The molecular weight excluding hydrogens is 158 g/mol. The fraction of sp³-hybridized carbons (Fsp3) is 0.250. The van der Waals surface area contributed by atoms with Gasteiger partial charge in [0.2, 0.25) is 0 Å². The second-order valence-electron chi connectivity index (χ2n) is 2.97. The molecule has 1 heteroatoms. The van der Waals surface area contributed by atoms with E-state index in [2.05, 4.69) is 36.6 Å². The predicted octanol–water partition coefficient (Wildman–Crippen LogP) is 2.29. The summed E-state index contributed by atoms with van der Waals surface area (Å²) in [4.78, 5) is 0. The summed E-state index contributed by atoms with van der Waals surface area (Å²) >= 11 is 0. The Morgan fingerprint density at radius 2 is 2.00 bits per heavy atom. The van der Waals surface area contributed by atoms with Crippen molar-refractivity contribution >= 4 is 0 Å². The molecule has 2 N–H and O–H groups in total. The predicted molar refractivity (Wildman–Crippen MR) is 56.5 cm³/mol. The summed E-state index contributed by atoms with van der Waals surface area (Å²) in [6.45, 7) is 4.17. The average molecular weight is 173 g/mol. The highest BCUT2D eigenvalue weighted by Gasteiger charge is 1.94. The third kappa shape index (κ3) is 3.29. The summed E-state index contributed by atoms with van der Waals surface area (Å²) in [7, 11) is 0. The van der Waals surface area contributed by atoms with Gasteiger partial charge in [0, 0.05) is 6.54 Å². The van der Waals surface area contributed by atoms with Gasteiger partial charge in [0.15, 0.2) is 0 Å². The molecule has 0 aromatic heterocycles. The maximum absolute atomic E-state index is 5.51. The van der Waals surface area contributed by atoms with E-state index >= 15 is 0 Å². The van der Waals surface area contributed by atoms with Crippen molar-refractivity contribution in [3.63, 3.8) is 0 Å². The molecule has 68 valence electrons. The van der Waals surface area contributed by atoms with Crippen molar-refractivity contribution in [2.75, 3.05) is 6.54 Å². The molecule has 0 fully saturated rings. The van der Waals surface area contributed by atoms with Gasteiger partial charge in [-0.1, -0.05) is 36.9 Å². The van der Waals surface area contributed by atoms with Crippen molar-refractivity contribution in [1.29, 1.82) is 0 Å². The molecular formula is C12H15N. The van der Waals surface area contributed by atoms with Gasteiger partial charge < -0.3 is 5.73 Å². The minimum Gasteiger partial charge on any atom is -0.326 e. The van der Waals surface area contributed by atoms with E-state index in [1.54, 1.807) is 0 Å². The fourth-order valence-electron chi connectivity index (χ4n) is 1.20. The van der Waals surface area contributed by atoms with Gasteiger partial charge in [-0.3, -0.25) is 0 Å². The Morgan fingerprint density at radius 3 is 2.54 bits per heavy atom. The quantitative estimate of drug-likeness (QED) is 0.694. The lowest BCUT2D eigenvalue weighted by Gasteiger charge is -2.01. The first kappa shape index (κ1) is 9.79. The van der Waals surface area contributed by atoms with Crippen LogP contribution in [0.2, 0.25) is 0 Å². The summed E-state index contributed by atoms with van der Waals surface area (Å²) in [6.07, 6.45) is 1.99. The van der Waals surface area contributed by atoms with Crippen LogP contribution in [-0.2, 0) is 6.42 Å². The number of aryl methyl sites for hydroxylation is 1. The van der Waals surface area contributed by atoms with E-state index < -0.39 is 0 Å². The summed E-state index contributed by atoms with van der Waals surface area (Å²) in [5, 5.41) is 0. The van der Waals surface area contributed by atoms with Crippen LogP contribution in [0.15, 0.2) is 48.2 Å². The molecule has 0 saturated heterocycles. The first-order valence-corrected chi connectivity index (χ1v) is 4.48. The summed E-state index contributed by atoms with van der Waals surface area (Å²) in [5.74, 6) is 0. The number of nitrogens with two attached hydrogens (primary N) is 1. The van der Waals surface area contributed by atoms with Crippen LogP contribution in [0, 0.1) is 0 Å². The molecule has 0 spiro atoms. The second-order valence-corrected chi connectivity index (χ2v) is 2.97. The number of rotatable bonds is 4. The van der Waals surface area contributed by atoms with Crippen molar-refractivity contribution in [3.05, 3.63) is 53.8 Å². The van der Waals surface area contributed by atoms with E-state index in [1.165, 1.54) is 5.56 Å². The molecule has 1 aromatic rings. The van der Waals surface area contributed by atoms with E-state index in [1.807, 2.05) is 6.07 Å². The van der Waals surface area contributed by atoms with Gasteiger partial charge in [-0.05, 0) is 24.0 Å². The maximum Gasteiger partial charge on any atom is 0.0213 e. The number of benzene rings is 1. The third-order valence-electron chi connectivity index (χ3n) is 2.05. The molecule has 0 atom stereocenters. The Bertz CT molecular complexity index is 294. The molecule has 1 nitrogen and oxygen atoms in total. The molecule has 0 aliphatic rings. The third-order valence-corrected chi connectivity index (χ3v) is 2.05. The molecule has 0 amide bonds. The van der Waals surface area contributed by atoms with Crippen molar-refractivity contribution in [2.24, 2.45) is 5.73 Å². The molecule has 1 aromatic carbocycles. The zero-order chi connectivity index (χ0) is 9.52. The van der Waals surface area contributed by atoms with Gasteiger partial charge >= 0.3 is 0 Å². The zero-order valence-electron chi connectivity index (χ0n) is 7.79. The first-order valence-electron chi connectivity index (χ1n) is 4.48. The highest BCUT2D eigenvalue weighted by molar-refractivity contribution is 5.16. The van der Waals surface area contributed by atoms with Gasteiger partial charge in [-0.2, -0.15) is 0 Å². The van der Waals surface area contributed by atoms with Crippen LogP contribution in [0.5, 0.6) is 0 Å². The monoisotopic (exact) mass is 173 g/mol. The van der Waals surface area contributed by atoms with Crippen molar-refractivity contribution in [1.82, 2.24) is 0 Å². The topological polar surface area (TPSA) is 26.0 Å². The molecule has 0 bridgehead atoms. The van der Waals surface area contributed by atoms with Crippen LogP contribution >= 0.6 is 0 Å². The zero-order valence-corrected chi connectivity index (χ0v) is 7.79. The van der Waals surface area contributed by atoms with E-state index in [9.17, 15) is 0 Å². The van der Waals surface area contributed by atoms with Crippen LogP contribution in [0.4, 0.5) is 0 Å². The SMILES string of the molecule is C=C=C(CN)CCc1ccccc1. The minimum atomic E-state index is 0.566. The maximum atomic E-state index is 5.51. The standard InChI is InChI=1S/C12H15N/c1-2-11(10-13)8-9-12-6-4-3-5-7-12/h3-7H,1,8-10,13H2. The molecule has 0 aliphatic carbocycles. The molecule has 0 radical (unpaired) electrons. The van der Waals surface area contributed by atoms with Crippen molar-refractivity contribution < 1.29 is 0 Å². The lowest BCUT2D eigenvalue weighted by molar-refractivity contribution is 0.906. The summed E-state index contributed by atoms with van der Waals surface area (Å²) < 4.78 is 0. The van der Waals surface area contributed by atoms with E-state index in [0.29, 0.717) is 6.54 Å². The molecule has 0 unspecified atom stereocenters. The smallest absolute Gasteiger partial charge is 0.0213 e. The Hall–Kier alpha value is -1.30. The molecule has 13 heavy (non-hydrogen) atoms. The van der Waals surface area contributed by atoms with Crippen molar-refractivity contribution in [2.45, 2.75) is 12.8 Å². The Balaban J connectivity index is 2.48. The first-order chi connectivity index (χ1) is 6.36. The second kappa shape index (κ2) is 5.36. The van der Waals surface area contributed by atoms with Crippen LogP contribution in [0.25, 0.3) is 0 Å². The number of hydrogen-bond acceptors (Lipinski definition) is 1. The number of hydrogen-bond donors (Lipinski definition) is 1. The summed E-state index contributed by atoms with van der Waals surface area (Å²) in [5.41, 5.74) is 10.8. The van der Waals surface area contributed by atoms with E-state index in [-0.39, 0.29) is 0 Å². The van der Waals surface area contributed by atoms with Gasteiger partial charge in [-0.15, -0.1) is 5.73 Å². The summed E-state index contributed by atoms with van der Waals surface area (Å²) in [6, 6.07) is 10.4. The van der Waals surface area contributed by atoms with Crippen LogP contribution in [0.1, 0.15) is 12.0 Å². The van der Waals surface area contributed by atoms with Gasteiger partial charge in [0.1, 0.15) is 0 Å². The Labute approximate surface area is 79.6 Å². The molecule has 0 aliphatic heterocycles. The van der Waals surface area contributed by atoms with Crippen LogP contribution in [-0.4, -0.2) is 6.54 Å². The van der Waals surface area contributed by atoms with Crippen molar-refractivity contribution in [3.8, 4) is 0 Å². The van der Waals surface area contributed by atoms with E-state index in [0.717, 1.165) is 18.4 Å². The highest BCUT2D eigenvalue weighted by atomic mass is 14.5. The largest absolute Gasteiger partial charge is 0.326 e. The Morgan fingerprint density at radius 1 is 1.31 bits per heavy atom. The highest BCUT2D eigenvalue weighted by Crippen LogP contribution is 2.06. The van der Waals surface area contributed by atoms with Gasteiger partial charge in [-0.25, -0.2) is 0 Å².